The lowest BCUT2D eigenvalue weighted by atomic mass is 10.3. The number of nitrogens with one attached hydrogen (secondary N) is 1. The van der Waals surface area contributed by atoms with Crippen molar-refractivity contribution in [3.63, 3.8) is 0 Å². The molecule has 4 nitrogen and oxygen atoms in total. The number of nitrogens with zero attached hydrogens (tertiary/aromatic N) is 1. The van der Waals surface area contributed by atoms with Crippen molar-refractivity contribution in [2.24, 2.45) is 0 Å². The normalized spacial score (nSPS) is 11.2. The van der Waals surface area contributed by atoms with E-state index in [1.807, 2.05) is 6.07 Å². The monoisotopic (exact) mass is 258 g/mol. The molecule has 0 radical (unpaired) electrons. The molecule has 0 aliphatic heterocycles. The molecule has 0 aromatic carbocycles. The highest BCUT2D eigenvalue weighted by Gasteiger charge is 2.06. The van der Waals surface area contributed by atoms with Crippen molar-refractivity contribution in [2.45, 2.75) is 13.5 Å². The van der Waals surface area contributed by atoms with Crippen LogP contribution in [0.25, 0.3) is 0 Å². The van der Waals surface area contributed by atoms with Gasteiger partial charge in [0.25, 0.3) is 0 Å². The summed E-state index contributed by atoms with van der Waals surface area (Å²) in [6, 6.07) is 3.87. The molecule has 0 unspecified atom stereocenters. The molecule has 1 rings (SSSR count). The van der Waals surface area contributed by atoms with Crippen molar-refractivity contribution < 1.29 is 8.42 Å². The van der Waals surface area contributed by atoms with Gasteiger partial charge in [0, 0.05) is 29.1 Å². The fraction of sp³-hybridized carbons (Fsp3) is 0.500. The molecule has 1 N–H and O–H groups in total. The lowest BCUT2D eigenvalue weighted by Crippen LogP contribution is -2.23. The molecule has 6 heteroatoms. The SMILES string of the molecule is CCS(=O)(=O)CCNCc1cc(C#N)cs1. The second-order valence-corrected chi connectivity index (χ2v) is 6.80. The predicted molar refractivity (Wildman–Crippen MR) is 65.1 cm³/mol. The van der Waals surface area contributed by atoms with Crippen LogP contribution in [0.2, 0.25) is 0 Å². The number of sulfone groups is 1. The first-order valence-electron chi connectivity index (χ1n) is 4.96. The zero-order chi connectivity index (χ0) is 12.0. The van der Waals surface area contributed by atoms with Gasteiger partial charge in [-0.2, -0.15) is 5.26 Å². The molecule has 1 aromatic rings. The first kappa shape index (κ1) is 13.2. The van der Waals surface area contributed by atoms with E-state index in [9.17, 15) is 8.42 Å². The smallest absolute Gasteiger partial charge is 0.151 e. The van der Waals surface area contributed by atoms with Gasteiger partial charge in [0.2, 0.25) is 0 Å². The number of hydrogen-bond acceptors (Lipinski definition) is 5. The minimum Gasteiger partial charge on any atom is -0.311 e. The van der Waals surface area contributed by atoms with E-state index < -0.39 is 9.84 Å². The molecular formula is C10H14N2O2S2. The lowest BCUT2D eigenvalue weighted by molar-refractivity contribution is 0.592. The predicted octanol–water partition coefficient (Wildman–Crippen LogP) is 1.14. The van der Waals surface area contributed by atoms with Crippen LogP contribution in [0.15, 0.2) is 11.4 Å². The number of rotatable bonds is 6. The van der Waals surface area contributed by atoms with Gasteiger partial charge in [0.15, 0.2) is 9.84 Å². The molecule has 16 heavy (non-hydrogen) atoms. The third kappa shape index (κ3) is 4.31. The van der Waals surface area contributed by atoms with Crippen molar-refractivity contribution in [3.05, 3.63) is 21.9 Å². The Morgan fingerprint density at radius 2 is 2.31 bits per heavy atom. The molecular weight excluding hydrogens is 244 g/mol. The quantitative estimate of drug-likeness (QED) is 0.777. The minimum atomic E-state index is -2.88. The van der Waals surface area contributed by atoms with E-state index in [4.69, 9.17) is 5.26 Å². The Morgan fingerprint density at radius 3 is 2.88 bits per heavy atom. The fourth-order valence-corrected chi connectivity index (χ4v) is 2.64. The Labute approximate surface area is 99.8 Å². The van der Waals surface area contributed by atoms with E-state index in [1.54, 1.807) is 12.3 Å². The van der Waals surface area contributed by atoms with E-state index in [2.05, 4.69) is 11.4 Å². The highest BCUT2D eigenvalue weighted by Crippen LogP contribution is 2.12. The minimum absolute atomic E-state index is 0.167. The van der Waals surface area contributed by atoms with Crippen LogP contribution in [-0.4, -0.2) is 26.5 Å². The Hall–Kier alpha value is -0.900. The van der Waals surface area contributed by atoms with Gasteiger partial charge in [0.05, 0.1) is 11.3 Å². The van der Waals surface area contributed by atoms with Crippen LogP contribution >= 0.6 is 11.3 Å². The molecule has 0 atom stereocenters. The highest BCUT2D eigenvalue weighted by atomic mass is 32.2. The zero-order valence-corrected chi connectivity index (χ0v) is 10.7. The van der Waals surface area contributed by atoms with Gasteiger partial charge in [0.1, 0.15) is 6.07 Å². The molecule has 0 fully saturated rings. The molecule has 0 spiro atoms. The van der Waals surface area contributed by atoms with Gasteiger partial charge >= 0.3 is 0 Å². The van der Waals surface area contributed by atoms with Gasteiger partial charge in [-0.15, -0.1) is 11.3 Å². The maximum atomic E-state index is 11.2. The summed E-state index contributed by atoms with van der Waals surface area (Å²) in [5, 5.41) is 13.5. The van der Waals surface area contributed by atoms with E-state index in [0.717, 1.165) is 4.88 Å². The summed E-state index contributed by atoms with van der Waals surface area (Å²) in [5.41, 5.74) is 0.656. The Kier molecular flexibility index (Phi) is 4.93. The second-order valence-electron chi connectivity index (χ2n) is 3.33. The number of hydrogen-bond donors (Lipinski definition) is 1. The maximum Gasteiger partial charge on any atom is 0.151 e. The zero-order valence-electron chi connectivity index (χ0n) is 9.06. The molecule has 0 aliphatic rings. The fourth-order valence-electron chi connectivity index (χ4n) is 1.12. The number of thiophene rings is 1. The highest BCUT2D eigenvalue weighted by molar-refractivity contribution is 7.91. The summed E-state index contributed by atoms with van der Waals surface area (Å²) in [6.45, 7) is 2.72. The third-order valence-corrected chi connectivity index (χ3v) is 4.75. The average molecular weight is 258 g/mol. The molecule has 0 saturated carbocycles. The maximum absolute atomic E-state index is 11.2. The summed E-state index contributed by atoms with van der Waals surface area (Å²) < 4.78 is 22.4. The Morgan fingerprint density at radius 1 is 1.56 bits per heavy atom. The molecule has 1 heterocycles. The van der Waals surface area contributed by atoms with Crippen LogP contribution in [0.1, 0.15) is 17.4 Å². The van der Waals surface area contributed by atoms with E-state index in [-0.39, 0.29) is 11.5 Å². The van der Waals surface area contributed by atoms with Crippen LogP contribution < -0.4 is 5.32 Å². The Bertz CT molecular complexity index is 471. The summed E-state index contributed by atoms with van der Waals surface area (Å²) in [5.74, 6) is 0.353. The van der Waals surface area contributed by atoms with Crippen molar-refractivity contribution in [1.82, 2.24) is 5.32 Å². The van der Waals surface area contributed by atoms with E-state index in [1.165, 1.54) is 11.3 Å². The van der Waals surface area contributed by atoms with Crippen LogP contribution in [-0.2, 0) is 16.4 Å². The van der Waals surface area contributed by atoms with Gasteiger partial charge in [-0.25, -0.2) is 8.42 Å². The van der Waals surface area contributed by atoms with E-state index >= 15 is 0 Å². The van der Waals surface area contributed by atoms with E-state index in [0.29, 0.717) is 18.7 Å². The standard InChI is InChI=1S/C10H14N2O2S2/c1-2-16(13,14)4-3-12-7-10-5-9(6-11)8-15-10/h5,8,12H,2-4,7H2,1H3. The van der Waals surface area contributed by atoms with Crippen molar-refractivity contribution >= 4 is 21.2 Å². The molecule has 0 bridgehead atoms. The first-order chi connectivity index (χ1) is 7.57. The van der Waals surface area contributed by atoms with Gasteiger partial charge in [-0.3, -0.25) is 0 Å². The summed E-state index contributed by atoms with van der Waals surface area (Å²) in [7, 11) is -2.88. The van der Waals surface area contributed by atoms with Crippen molar-refractivity contribution in [3.8, 4) is 6.07 Å². The van der Waals surface area contributed by atoms with Crippen LogP contribution in [0.3, 0.4) is 0 Å². The van der Waals surface area contributed by atoms with Crippen LogP contribution in [0.5, 0.6) is 0 Å². The molecule has 0 aliphatic carbocycles. The molecule has 0 saturated heterocycles. The van der Waals surface area contributed by atoms with Gasteiger partial charge in [-0.1, -0.05) is 6.92 Å². The first-order valence-corrected chi connectivity index (χ1v) is 7.66. The van der Waals surface area contributed by atoms with Crippen LogP contribution in [0.4, 0.5) is 0 Å². The number of nitriles is 1. The second kappa shape index (κ2) is 5.99. The molecule has 1 aromatic heterocycles. The molecule has 88 valence electrons. The van der Waals surface area contributed by atoms with Crippen molar-refractivity contribution in [2.75, 3.05) is 18.1 Å². The third-order valence-electron chi connectivity index (χ3n) is 2.11. The largest absolute Gasteiger partial charge is 0.311 e. The Balaban J connectivity index is 2.29. The summed E-state index contributed by atoms with van der Waals surface area (Å²) >= 11 is 1.50. The van der Waals surface area contributed by atoms with Crippen LogP contribution in [0, 0.1) is 11.3 Å². The van der Waals surface area contributed by atoms with Gasteiger partial charge < -0.3 is 5.32 Å². The van der Waals surface area contributed by atoms with Crippen molar-refractivity contribution in [1.29, 1.82) is 5.26 Å². The average Bonchev–Trinajstić information content (AvgIpc) is 2.72. The lowest BCUT2D eigenvalue weighted by Gasteiger charge is -2.02. The topological polar surface area (TPSA) is 70.0 Å². The summed E-state index contributed by atoms with van der Waals surface area (Å²) in [6.07, 6.45) is 0. The van der Waals surface area contributed by atoms with Gasteiger partial charge in [-0.05, 0) is 6.07 Å². The molecule has 0 amide bonds. The summed E-state index contributed by atoms with van der Waals surface area (Å²) in [4.78, 5) is 1.05.